The lowest BCUT2D eigenvalue weighted by Crippen LogP contribution is -2.21. The van der Waals surface area contributed by atoms with E-state index in [4.69, 9.17) is 30.5 Å². The Kier molecular flexibility index (Phi) is 7.59. The summed E-state index contributed by atoms with van der Waals surface area (Å²) in [5.41, 5.74) is 1.28. The molecule has 4 aromatic carbocycles. The lowest BCUT2D eigenvalue weighted by atomic mass is 10.2. The first-order chi connectivity index (χ1) is 20.9. The van der Waals surface area contributed by atoms with Crippen molar-refractivity contribution in [3.8, 4) is 23.1 Å². The highest BCUT2D eigenvalue weighted by atomic mass is 35.5. The zero-order valence-electron chi connectivity index (χ0n) is 22.6. The van der Waals surface area contributed by atoms with Crippen LogP contribution in [0.4, 0.5) is 10.1 Å². The average molecular weight is 597 g/mol. The predicted molar refractivity (Wildman–Crippen MR) is 163 cm³/mol. The van der Waals surface area contributed by atoms with Gasteiger partial charge in [-0.25, -0.2) is 9.37 Å². The Morgan fingerprint density at radius 3 is 2.70 bits per heavy atom. The van der Waals surface area contributed by atoms with E-state index in [2.05, 4.69) is 10.4 Å². The molecule has 0 saturated carbocycles. The minimum absolute atomic E-state index is 0.164. The quantitative estimate of drug-likeness (QED) is 0.201. The van der Waals surface area contributed by atoms with E-state index in [0.717, 1.165) is 4.68 Å². The molecule has 1 amide bonds. The molecule has 0 saturated heterocycles. The number of rotatable bonds is 8. The summed E-state index contributed by atoms with van der Waals surface area (Å²) >= 11 is 6.25. The molecule has 1 N–H and O–H groups in total. The highest BCUT2D eigenvalue weighted by Crippen LogP contribution is 2.33. The van der Waals surface area contributed by atoms with Gasteiger partial charge >= 0.3 is 0 Å². The third-order valence-corrected chi connectivity index (χ3v) is 6.70. The number of para-hydroxylation sites is 1. The molecule has 2 aromatic heterocycles. The summed E-state index contributed by atoms with van der Waals surface area (Å²) < 4.78 is 31.9. The SMILES string of the molecule is COc1cccc2oc(-c3nc4ccccc4c(=O)n3N=Cc3cc(Cl)ccc3OCC(=O)Nc3cccc(F)c3)cc12. The average Bonchev–Trinajstić information content (AvgIpc) is 3.45. The molecule has 0 aliphatic heterocycles. The van der Waals surface area contributed by atoms with Crippen molar-refractivity contribution in [3.05, 3.63) is 118 Å². The first-order valence-corrected chi connectivity index (χ1v) is 13.4. The zero-order chi connectivity index (χ0) is 29.9. The summed E-state index contributed by atoms with van der Waals surface area (Å²) in [5, 5.41) is 8.48. The third-order valence-electron chi connectivity index (χ3n) is 6.47. The van der Waals surface area contributed by atoms with Crippen LogP contribution in [-0.4, -0.2) is 35.5 Å². The number of amides is 1. The maximum Gasteiger partial charge on any atom is 0.282 e. The van der Waals surface area contributed by atoms with Crippen LogP contribution in [0.15, 0.2) is 105 Å². The monoisotopic (exact) mass is 596 g/mol. The van der Waals surface area contributed by atoms with Crippen molar-refractivity contribution < 1.29 is 23.1 Å². The maximum absolute atomic E-state index is 13.7. The first-order valence-electron chi connectivity index (χ1n) is 13.0. The van der Waals surface area contributed by atoms with E-state index in [1.807, 2.05) is 0 Å². The minimum Gasteiger partial charge on any atom is -0.496 e. The van der Waals surface area contributed by atoms with Crippen molar-refractivity contribution in [1.82, 2.24) is 9.66 Å². The van der Waals surface area contributed by atoms with Crippen molar-refractivity contribution in [3.63, 3.8) is 0 Å². The Bertz CT molecular complexity index is 2090. The van der Waals surface area contributed by atoms with Gasteiger partial charge in [0.25, 0.3) is 11.5 Å². The summed E-state index contributed by atoms with van der Waals surface area (Å²) in [6.45, 7) is -0.372. The van der Waals surface area contributed by atoms with Gasteiger partial charge in [-0.05, 0) is 66.7 Å². The van der Waals surface area contributed by atoms with Crippen LogP contribution in [0, 0.1) is 5.82 Å². The number of nitrogens with zero attached hydrogens (tertiary/aromatic N) is 3. The molecule has 6 aromatic rings. The van der Waals surface area contributed by atoms with E-state index in [9.17, 15) is 14.0 Å². The normalized spacial score (nSPS) is 11.3. The molecule has 0 radical (unpaired) electrons. The molecule has 9 nitrogen and oxygen atoms in total. The van der Waals surface area contributed by atoms with Crippen LogP contribution < -0.4 is 20.3 Å². The number of anilines is 1. The van der Waals surface area contributed by atoms with Gasteiger partial charge in [-0.1, -0.05) is 35.9 Å². The Morgan fingerprint density at radius 2 is 1.86 bits per heavy atom. The van der Waals surface area contributed by atoms with Crippen LogP contribution in [0.1, 0.15) is 5.56 Å². The van der Waals surface area contributed by atoms with Crippen LogP contribution in [0.2, 0.25) is 5.02 Å². The molecule has 0 atom stereocenters. The van der Waals surface area contributed by atoms with Gasteiger partial charge in [-0.2, -0.15) is 9.78 Å². The minimum atomic E-state index is -0.499. The summed E-state index contributed by atoms with van der Waals surface area (Å²) in [4.78, 5) is 30.8. The number of carbonyl (C=O) groups is 1. The Labute approximate surface area is 248 Å². The van der Waals surface area contributed by atoms with Crippen molar-refractivity contribution in [2.24, 2.45) is 5.10 Å². The number of fused-ring (bicyclic) bond motifs is 2. The zero-order valence-corrected chi connectivity index (χ0v) is 23.3. The molecule has 0 aliphatic carbocycles. The van der Waals surface area contributed by atoms with Gasteiger partial charge in [0.2, 0.25) is 5.82 Å². The fraction of sp³-hybridized carbons (Fsp3) is 0.0625. The molecule has 2 heterocycles. The molecule has 43 heavy (non-hydrogen) atoms. The fourth-order valence-electron chi connectivity index (χ4n) is 4.49. The number of hydrogen-bond donors (Lipinski definition) is 1. The number of aromatic nitrogens is 2. The second kappa shape index (κ2) is 11.8. The number of hydrogen-bond acceptors (Lipinski definition) is 7. The van der Waals surface area contributed by atoms with Gasteiger partial charge < -0.3 is 19.2 Å². The second-order valence-corrected chi connectivity index (χ2v) is 9.76. The van der Waals surface area contributed by atoms with Crippen molar-refractivity contribution in [2.75, 3.05) is 19.0 Å². The van der Waals surface area contributed by atoms with Crippen LogP contribution in [0.25, 0.3) is 33.5 Å². The van der Waals surface area contributed by atoms with Crippen LogP contribution in [0.5, 0.6) is 11.5 Å². The summed E-state index contributed by atoms with van der Waals surface area (Å²) in [6.07, 6.45) is 1.39. The number of furan rings is 1. The highest BCUT2D eigenvalue weighted by Gasteiger charge is 2.18. The molecule has 11 heteroatoms. The topological polar surface area (TPSA) is 108 Å². The van der Waals surface area contributed by atoms with Crippen LogP contribution in [-0.2, 0) is 4.79 Å². The van der Waals surface area contributed by atoms with Crippen molar-refractivity contribution in [2.45, 2.75) is 0 Å². The van der Waals surface area contributed by atoms with E-state index in [1.54, 1.807) is 79.9 Å². The Balaban J connectivity index is 1.36. The molecule has 0 aliphatic rings. The first kappa shape index (κ1) is 27.7. The molecule has 6 rings (SSSR count). The number of ether oxygens (including phenoxy) is 2. The van der Waals surface area contributed by atoms with Crippen molar-refractivity contribution in [1.29, 1.82) is 0 Å². The number of nitrogens with one attached hydrogen (secondary N) is 1. The Morgan fingerprint density at radius 1 is 1.02 bits per heavy atom. The van der Waals surface area contributed by atoms with E-state index in [-0.39, 0.29) is 18.2 Å². The molecule has 0 spiro atoms. The summed E-state index contributed by atoms with van der Waals surface area (Å²) in [6, 6.07) is 24.3. The smallest absolute Gasteiger partial charge is 0.282 e. The van der Waals surface area contributed by atoms with Gasteiger partial charge in [-0.3, -0.25) is 9.59 Å². The Hall–Kier alpha value is -5.48. The largest absolute Gasteiger partial charge is 0.496 e. The fourth-order valence-corrected chi connectivity index (χ4v) is 4.67. The van der Waals surface area contributed by atoms with Gasteiger partial charge in [0.05, 0.1) is 29.6 Å². The standard InChI is InChI=1S/C32H22ClFN4O5/c1-41-27-10-5-11-28-24(27)16-29(43-28)31-37-25-9-3-2-8-23(25)32(40)38(31)35-17-19-14-20(33)12-13-26(19)42-18-30(39)36-22-7-4-6-21(34)15-22/h2-17H,18H2,1H3,(H,36,39). The van der Waals surface area contributed by atoms with Gasteiger partial charge in [0.1, 0.15) is 22.9 Å². The summed E-state index contributed by atoms with van der Waals surface area (Å²) in [5.74, 6) is 0.371. The lowest BCUT2D eigenvalue weighted by Gasteiger charge is -2.11. The molecule has 0 unspecified atom stereocenters. The molecule has 0 bridgehead atoms. The number of carbonyl (C=O) groups excluding carboxylic acids is 1. The second-order valence-electron chi connectivity index (χ2n) is 9.33. The summed E-state index contributed by atoms with van der Waals surface area (Å²) in [7, 11) is 1.56. The van der Waals surface area contributed by atoms with Gasteiger partial charge in [-0.15, -0.1) is 0 Å². The molecule has 214 valence electrons. The number of halogens is 2. The number of benzene rings is 4. The van der Waals surface area contributed by atoms with Crippen LogP contribution in [0.3, 0.4) is 0 Å². The third kappa shape index (κ3) is 5.81. The molecular weight excluding hydrogens is 575 g/mol. The van der Waals surface area contributed by atoms with E-state index in [1.165, 1.54) is 24.4 Å². The molecule has 0 fully saturated rings. The molecular formula is C32H22ClFN4O5. The lowest BCUT2D eigenvalue weighted by molar-refractivity contribution is -0.118. The van der Waals surface area contributed by atoms with Crippen molar-refractivity contribution >= 4 is 51.3 Å². The predicted octanol–water partition coefficient (Wildman–Crippen LogP) is 6.51. The highest BCUT2D eigenvalue weighted by molar-refractivity contribution is 6.30. The van der Waals surface area contributed by atoms with E-state index < -0.39 is 17.3 Å². The maximum atomic E-state index is 13.7. The van der Waals surface area contributed by atoms with E-state index in [0.29, 0.717) is 49.7 Å². The van der Waals surface area contributed by atoms with Gasteiger partial charge in [0.15, 0.2) is 12.4 Å². The van der Waals surface area contributed by atoms with Crippen LogP contribution >= 0.6 is 11.6 Å². The van der Waals surface area contributed by atoms with E-state index >= 15 is 0 Å². The number of methoxy groups -OCH3 is 1. The van der Waals surface area contributed by atoms with Gasteiger partial charge in [0, 0.05) is 16.3 Å².